The fourth-order valence-corrected chi connectivity index (χ4v) is 11.1. The van der Waals surface area contributed by atoms with E-state index >= 15 is 0 Å². The second-order valence-corrected chi connectivity index (χ2v) is 16.6. The molecular formula is C45H47N3O8. The van der Waals surface area contributed by atoms with Gasteiger partial charge in [-0.2, -0.15) is 0 Å². The molecule has 0 radical (unpaired) electrons. The van der Waals surface area contributed by atoms with Crippen LogP contribution in [0.15, 0.2) is 94.6 Å². The first-order valence-electron chi connectivity index (χ1n) is 19.6. The number of aromatic amines is 1. The number of amides is 1. The molecule has 11 heteroatoms. The average Bonchev–Trinajstić information content (AvgIpc) is 3.66. The first-order valence-corrected chi connectivity index (χ1v) is 19.6. The predicted molar refractivity (Wildman–Crippen MR) is 207 cm³/mol. The molecule has 4 atom stereocenters. The molecule has 1 amide bonds. The fourth-order valence-electron chi connectivity index (χ4n) is 11.1. The summed E-state index contributed by atoms with van der Waals surface area (Å²) in [6, 6.07) is 25.7. The minimum atomic E-state index is -1.27. The van der Waals surface area contributed by atoms with Gasteiger partial charge in [-0.25, -0.2) is 4.79 Å². The van der Waals surface area contributed by atoms with Crippen LogP contribution in [0, 0.1) is 35.0 Å². The Hall–Kier alpha value is -5.15. The lowest BCUT2D eigenvalue weighted by atomic mass is 9.49. The van der Waals surface area contributed by atoms with Crippen LogP contribution in [-0.4, -0.2) is 65.7 Å². The SMILES string of the molecule is COc1ccc(C(CC23COC(C2O)[C@H](n2cc(C#CCNC(=O)C45CC6CC(CC(C6)C4)C5)c(=O)[nH]c2=O)O3)(c2ccccc2)c2ccc(OC)cc2)cc1. The maximum Gasteiger partial charge on any atom is 0.330 e. The number of rotatable bonds is 10. The Kier molecular flexibility index (Phi) is 9.19. The van der Waals surface area contributed by atoms with Crippen molar-refractivity contribution < 1.29 is 28.8 Å². The molecule has 6 bridgehead atoms. The Morgan fingerprint density at radius 3 is 2.04 bits per heavy atom. The fraction of sp³-hybridized carbons (Fsp3) is 0.444. The number of hydrogen-bond donors (Lipinski definition) is 3. The van der Waals surface area contributed by atoms with Crippen LogP contribution in [0.4, 0.5) is 0 Å². The lowest BCUT2D eigenvalue weighted by Crippen LogP contribution is -2.53. The van der Waals surface area contributed by atoms with Crippen molar-refractivity contribution in [2.45, 2.75) is 74.4 Å². The van der Waals surface area contributed by atoms with Gasteiger partial charge in [-0.05, 0) is 104 Å². The molecule has 11 nitrogen and oxygen atoms in total. The summed E-state index contributed by atoms with van der Waals surface area (Å²) in [4.78, 5) is 42.3. The van der Waals surface area contributed by atoms with Gasteiger partial charge < -0.3 is 29.4 Å². The Labute approximate surface area is 325 Å². The Bertz CT molecular complexity index is 2210. The number of fused-ring (bicyclic) bond motifs is 2. The van der Waals surface area contributed by atoms with Crippen LogP contribution in [0.5, 0.6) is 11.5 Å². The van der Waals surface area contributed by atoms with Crippen molar-refractivity contribution in [3.8, 4) is 23.3 Å². The van der Waals surface area contributed by atoms with Crippen LogP contribution in [0.3, 0.4) is 0 Å². The first kappa shape index (κ1) is 36.5. The average molecular weight is 758 g/mol. The van der Waals surface area contributed by atoms with Gasteiger partial charge in [0.1, 0.15) is 34.9 Å². The summed E-state index contributed by atoms with van der Waals surface area (Å²) in [6.07, 6.45) is 5.12. The van der Waals surface area contributed by atoms with E-state index in [0.717, 1.165) is 36.0 Å². The van der Waals surface area contributed by atoms with Gasteiger partial charge in [0, 0.05) is 17.0 Å². The number of aliphatic hydroxyl groups is 1. The van der Waals surface area contributed by atoms with Gasteiger partial charge in [0.05, 0.1) is 27.4 Å². The molecule has 3 heterocycles. The van der Waals surface area contributed by atoms with E-state index in [1.54, 1.807) is 14.2 Å². The predicted octanol–water partition coefficient (Wildman–Crippen LogP) is 4.69. The van der Waals surface area contributed by atoms with Crippen LogP contribution in [0.25, 0.3) is 0 Å². The Morgan fingerprint density at radius 2 is 1.46 bits per heavy atom. The molecule has 3 aromatic carbocycles. The molecule has 6 aliphatic rings. The summed E-state index contributed by atoms with van der Waals surface area (Å²) >= 11 is 0. The highest BCUT2D eigenvalue weighted by atomic mass is 16.6. The monoisotopic (exact) mass is 757 g/mol. The van der Waals surface area contributed by atoms with Gasteiger partial charge in [-0.1, -0.05) is 66.4 Å². The molecule has 3 N–H and O–H groups in total. The summed E-state index contributed by atoms with van der Waals surface area (Å²) < 4.78 is 25.4. The van der Waals surface area contributed by atoms with Crippen molar-refractivity contribution >= 4 is 5.91 Å². The van der Waals surface area contributed by atoms with Crippen molar-refractivity contribution in [3.63, 3.8) is 0 Å². The number of benzene rings is 3. The number of nitrogens with one attached hydrogen (secondary N) is 2. The number of carbonyl (C=O) groups is 1. The van der Waals surface area contributed by atoms with Crippen LogP contribution in [0.1, 0.15) is 73.4 Å². The molecular weight excluding hydrogens is 711 g/mol. The van der Waals surface area contributed by atoms with Crippen molar-refractivity contribution in [1.29, 1.82) is 0 Å². The number of methoxy groups -OCH3 is 2. The van der Waals surface area contributed by atoms with Crippen molar-refractivity contribution in [1.82, 2.24) is 14.9 Å². The molecule has 4 aromatic rings. The van der Waals surface area contributed by atoms with E-state index in [9.17, 15) is 19.5 Å². The maximum atomic E-state index is 13.5. The first-order chi connectivity index (χ1) is 27.1. The topological polar surface area (TPSA) is 141 Å². The van der Waals surface area contributed by atoms with Crippen molar-refractivity contribution in [2.24, 2.45) is 23.2 Å². The second kappa shape index (κ2) is 14.1. The zero-order valence-electron chi connectivity index (χ0n) is 31.7. The maximum absolute atomic E-state index is 13.5. The zero-order valence-corrected chi connectivity index (χ0v) is 31.7. The quantitative estimate of drug-likeness (QED) is 0.157. The number of ether oxygens (including phenoxy) is 4. The summed E-state index contributed by atoms with van der Waals surface area (Å²) in [5.41, 5.74) is -0.932. The molecule has 2 aliphatic heterocycles. The molecule has 56 heavy (non-hydrogen) atoms. The van der Waals surface area contributed by atoms with E-state index in [1.807, 2.05) is 66.7 Å². The van der Waals surface area contributed by atoms with Crippen LogP contribution >= 0.6 is 0 Å². The molecule has 10 rings (SSSR count). The van der Waals surface area contributed by atoms with Gasteiger partial charge in [-0.15, -0.1) is 0 Å². The van der Waals surface area contributed by atoms with E-state index < -0.39 is 40.7 Å². The highest BCUT2D eigenvalue weighted by molar-refractivity contribution is 5.83. The number of hydrogen-bond acceptors (Lipinski definition) is 8. The van der Waals surface area contributed by atoms with Gasteiger partial charge in [0.25, 0.3) is 5.56 Å². The summed E-state index contributed by atoms with van der Waals surface area (Å²) in [5, 5.41) is 15.1. The zero-order chi connectivity index (χ0) is 38.7. The smallest absolute Gasteiger partial charge is 0.330 e. The van der Waals surface area contributed by atoms with E-state index in [2.05, 4.69) is 34.3 Å². The second-order valence-electron chi connectivity index (χ2n) is 16.6. The molecule has 6 fully saturated rings. The molecule has 0 spiro atoms. The number of aliphatic hydroxyl groups excluding tert-OH is 1. The largest absolute Gasteiger partial charge is 0.497 e. The highest BCUT2D eigenvalue weighted by Gasteiger charge is 2.64. The highest BCUT2D eigenvalue weighted by Crippen LogP contribution is 2.60. The van der Waals surface area contributed by atoms with E-state index in [-0.39, 0.29) is 36.5 Å². The van der Waals surface area contributed by atoms with E-state index in [4.69, 9.17) is 18.9 Å². The third-order valence-electron chi connectivity index (χ3n) is 13.3. The molecule has 290 valence electrons. The number of aromatic nitrogens is 2. The third kappa shape index (κ3) is 6.06. The minimum absolute atomic E-state index is 0.0404. The van der Waals surface area contributed by atoms with E-state index in [0.29, 0.717) is 29.3 Å². The van der Waals surface area contributed by atoms with E-state index in [1.165, 1.54) is 30.0 Å². The molecule has 3 unspecified atom stereocenters. The minimum Gasteiger partial charge on any atom is -0.497 e. The summed E-state index contributed by atoms with van der Waals surface area (Å²) in [6.45, 7) is 0.162. The normalized spacial score (nSPS) is 29.8. The lowest BCUT2D eigenvalue weighted by molar-refractivity contribution is -0.180. The molecule has 4 aliphatic carbocycles. The Morgan fingerprint density at radius 1 is 0.893 bits per heavy atom. The van der Waals surface area contributed by atoms with Crippen molar-refractivity contribution in [3.05, 3.63) is 128 Å². The van der Waals surface area contributed by atoms with Gasteiger partial charge in [0.15, 0.2) is 6.23 Å². The lowest BCUT2D eigenvalue weighted by Gasteiger charge is -2.55. The molecule has 4 saturated carbocycles. The van der Waals surface area contributed by atoms with Gasteiger partial charge >= 0.3 is 5.69 Å². The van der Waals surface area contributed by atoms with Crippen LogP contribution in [-0.2, 0) is 19.7 Å². The standard InChI is InChI=1S/C45H47N3O8/c1-53-35-14-10-33(11-15-35)45(32-8-4-3-5-9-32,34-12-16-36(54-2)17-13-34)26-44-27-55-37(38(44)49)40(56-44)48-25-31(39(50)47-42(48)52)7-6-18-46-41(51)43-22-28-19-29(23-43)21-30(20-28)24-43/h3-5,8-17,25,28-30,37-38,40,49H,18-24,26-27H2,1-2H3,(H,46,51)(H,47,50,52)/t28?,29?,30?,37?,38?,40-,43?,44?/m1/s1. The van der Waals surface area contributed by atoms with Crippen molar-refractivity contribution in [2.75, 3.05) is 27.4 Å². The third-order valence-corrected chi connectivity index (χ3v) is 13.3. The summed E-state index contributed by atoms with van der Waals surface area (Å²) in [5.74, 6) is 9.21. The molecule has 2 saturated heterocycles. The van der Waals surface area contributed by atoms with Gasteiger partial charge in [-0.3, -0.25) is 19.1 Å². The number of nitrogens with zero attached hydrogens (tertiary/aromatic N) is 1. The van der Waals surface area contributed by atoms with Gasteiger partial charge in [0.2, 0.25) is 5.91 Å². The number of H-pyrrole nitrogens is 1. The van der Waals surface area contributed by atoms with Crippen LogP contribution < -0.4 is 26.0 Å². The van der Waals surface area contributed by atoms with Crippen LogP contribution in [0.2, 0.25) is 0 Å². The number of carbonyl (C=O) groups excluding carboxylic acids is 1. The Balaban J connectivity index is 1.02. The molecule has 1 aromatic heterocycles. The summed E-state index contributed by atoms with van der Waals surface area (Å²) in [7, 11) is 3.25.